The van der Waals surface area contributed by atoms with Crippen molar-refractivity contribution >= 4 is 0 Å². The van der Waals surface area contributed by atoms with E-state index in [1.165, 1.54) is 12.8 Å². The van der Waals surface area contributed by atoms with Crippen molar-refractivity contribution in [2.45, 2.75) is 43.8 Å². The zero-order chi connectivity index (χ0) is 8.55. The Morgan fingerprint density at radius 1 is 1.25 bits per heavy atom. The molecule has 2 fully saturated rings. The third-order valence-corrected chi connectivity index (χ3v) is 2.99. The van der Waals surface area contributed by atoms with Gasteiger partial charge in [0.2, 0.25) is 0 Å². The molecule has 0 unspecified atom stereocenters. The molecule has 2 rings (SSSR count). The van der Waals surface area contributed by atoms with Gasteiger partial charge in [-0.25, -0.2) is 0 Å². The molecule has 0 bridgehead atoms. The van der Waals surface area contributed by atoms with Crippen LogP contribution in [-0.2, 0) is 0 Å². The summed E-state index contributed by atoms with van der Waals surface area (Å²) < 4.78 is 0. The maximum Gasteiger partial charge on any atom is 0.0558 e. The lowest BCUT2D eigenvalue weighted by Crippen LogP contribution is -2.52. The summed E-state index contributed by atoms with van der Waals surface area (Å²) >= 11 is 0. The molecule has 0 heterocycles. The van der Waals surface area contributed by atoms with Gasteiger partial charge < -0.3 is 10.8 Å². The fourth-order valence-electron chi connectivity index (χ4n) is 2.09. The molecule has 0 radical (unpaired) electrons. The van der Waals surface area contributed by atoms with Gasteiger partial charge in [0.15, 0.2) is 0 Å². The van der Waals surface area contributed by atoms with Crippen LogP contribution in [0.3, 0.4) is 0 Å². The summed E-state index contributed by atoms with van der Waals surface area (Å²) in [6.07, 6.45) is 4.92. The molecule has 3 heteroatoms. The number of nitrogens with two attached hydrogens (primary N) is 1. The minimum Gasteiger partial charge on any atom is -0.395 e. The Morgan fingerprint density at radius 3 is 2.33 bits per heavy atom. The molecule has 0 saturated heterocycles. The highest BCUT2D eigenvalue weighted by molar-refractivity contribution is 4.96. The van der Waals surface area contributed by atoms with E-state index < -0.39 is 0 Å². The van der Waals surface area contributed by atoms with E-state index >= 15 is 0 Å². The molecule has 0 aromatic heterocycles. The van der Waals surface area contributed by atoms with Crippen LogP contribution in [0.5, 0.6) is 0 Å². The highest BCUT2D eigenvalue weighted by atomic mass is 16.3. The molecule has 0 aromatic carbocycles. The Labute approximate surface area is 73.5 Å². The van der Waals surface area contributed by atoms with Crippen LogP contribution in [0, 0.1) is 0 Å². The molecule has 2 aliphatic carbocycles. The van der Waals surface area contributed by atoms with Crippen LogP contribution in [0.15, 0.2) is 0 Å². The smallest absolute Gasteiger partial charge is 0.0558 e. The highest BCUT2D eigenvalue weighted by Gasteiger charge is 2.38. The lowest BCUT2D eigenvalue weighted by molar-refractivity contribution is 0.0815. The van der Waals surface area contributed by atoms with Crippen LogP contribution >= 0.6 is 0 Å². The Morgan fingerprint density at radius 2 is 1.92 bits per heavy atom. The first-order valence-corrected chi connectivity index (χ1v) is 4.93. The third kappa shape index (κ3) is 1.63. The molecule has 2 saturated carbocycles. The van der Waals surface area contributed by atoms with Gasteiger partial charge in [-0.05, 0) is 25.7 Å². The first-order chi connectivity index (χ1) is 5.81. The summed E-state index contributed by atoms with van der Waals surface area (Å²) in [4.78, 5) is 2.45. The number of nitrogens with zero attached hydrogens (tertiary/aromatic N) is 1. The SMILES string of the molecule is NC1CC(N(CCO)C2CC2)C1. The molecule has 0 spiro atoms. The number of aliphatic hydroxyl groups is 1. The first-order valence-electron chi connectivity index (χ1n) is 4.93. The van der Waals surface area contributed by atoms with Gasteiger partial charge in [-0.2, -0.15) is 0 Å². The van der Waals surface area contributed by atoms with Crippen molar-refractivity contribution in [2.75, 3.05) is 13.2 Å². The Balaban J connectivity index is 1.80. The average molecular weight is 170 g/mol. The van der Waals surface area contributed by atoms with Crippen molar-refractivity contribution in [3.05, 3.63) is 0 Å². The Kier molecular flexibility index (Phi) is 2.35. The summed E-state index contributed by atoms with van der Waals surface area (Å²) in [5.74, 6) is 0. The zero-order valence-electron chi connectivity index (χ0n) is 7.45. The van der Waals surface area contributed by atoms with Gasteiger partial charge in [0, 0.05) is 24.7 Å². The second kappa shape index (κ2) is 3.32. The van der Waals surface area contributed by atoms with Gasteiger partial charge in [0.05, 0.1) is 6.61 Å². The molecule has 0 aromatic rings. The lowest BCUT2D eigenvalue weighted by Gasteiger charge is -2.41. The summed E-state index contributed by atoms with van der Waals surface area (Å²) in [6.45, 7) is 1.14. The minimum absolute atomic E-state index is 0.294. The molecular formula is C9H18N2O. The minimum atomic E-state index is 0.294. The number of hydrogen-bond acceptors (Lipinski definition) is 3. The predicted octanol–water partition coefficient (Wildman–Crippen LogP) is -0.0672. The zero-order valence-corrected chi connectivity index (χ0v) is 7.45. The van der Waals surface area contributed by atoms with Crippen LogP contribution in [0.25, 0.3) is 0 Å². The van der Waals surface area contributed by atoms with Gasteiger partial charge >= 0.3 is 0 Å². The quantitative estimate of drug-likeness (QED) is 0.621. The van der Waals surface area contributed by atoms with Gasteiger partial charge in [-0.15, -0.1) is 0 Å². The van der Waals surface area contributed by atoms with Crippen LogP contribution in [0.1, 0.15) is 25.7 Å². The van der Waals surface area contributed by atoms with Crippen molar-refractivity contribution in [1.82, 2.24) is 4.90 Å². The predicted molar refractivity (Wildman–Crippen MR) is 47.8 cm³/mol. The maximum atomic E-state index is 8.87. The first kappa shape index (κ1) is 8.48. The van der Waals surface area contributed by atoms with Crippen LogP contribution < -0.4 is 5.73 Å². The second-order valence-corrected chi connectivity index (χ2v) is 4.08. The average Bonchev–Trinajstić information content (AvgIpc) is 2.77. The molecule has 0 aliphatic heterocycles. The monoisotopic (exact) mass is 170 g/mol. The van der Waals surface area contributed by atoms with E-state index in [-0.39, 0.29) is 0 Å². The molecule has 12 heavy (non-hydrogen) atoms. The van der Waals surface area contributed by atoms with Crippen molar-refractivity contribution in [3.8, 4) is 0 Å². The number of hydrogen-bond donors (Lipinski definition) is 2. The van der Waals surface area contributed by atoms with Crippen molar-refractivity contribution < 1.29 is 5.11 Å². The third-order valence-electron chi connectivity index (χ3n) is 2.99. The number of rotatable bonds is 4. The summed E-state index contributed by atoms with van der Waals surface area (Å²) in [7, 11) is 0. The van der Waals surface area contributed by atoms with Crippen LogP contribution in [0.2, 0.25) is 0 Å². The second-order valence-electron chi connectivity index (χ2n) is 4.08. The normalized spacial score (nSPS) is 35.2. The fraction of sp³-hybridized carbons (Fsp3) is 1.00. The topological polar surface area (TPSA) is 49.5 Å². The van der Waals surface area contributed by atoms with Crippen molar-refractivity contribution in [2.24, 2.45) is 5.73 Å². The molecule has 70 valence electrons. The molecule has 0 amide bonds. The standard InChI is InChI=1S/C9H18N2O/c10-7-5-9(6-7)11(3-4-12)8-1-2-8/h7-9,12H,1-6,10H2. The van der Waals surface area contributed by atoms with E-state index in [1.54, 1.807) is 0 Å². The summed E-state index contributed by atoms with van der Waals surface area (Å²) in [6, 6.07) is 1.88. The largest absolute Gasteiger partial charge is 0.395 e. The van der Waals surface area contributed by atoms with Crippen LogP contribution in [0.4, 0.5) is 0 Å². The van der Waals surface area contributed by atoms with Crippen LogP contribution in [-0.4, -0.2) is 41.3 Å². The van der Waals surface area contributed by atoms with Gasteiger partial charge in [0.1, 0.15) is 0 Å². The molecule has 3 N–H and O–H groups in total. The van der Waals surface area contributed by atoms with Crippen molar-refractivity contribution in [3.63, 3.8) is 0 Å². The van der Waals surface area contributed by atoms with Crippen molar-refractivity contribution in [1.29, 1.82) is 0 Å². The summed E-state index contributed by atoms with van der Waals surface area (Å²) in [5.41, 5.74) is 5.73. The fourth-order valence-corrected chi connectivity index (χ4v) is 2.09. The van der Waals surface area contributed by atoms with E-state index in [4.69, 9.17) is 10.8 Å². The van der Waals surface area contributed by atoms with E-state index in [0.717, 1.165) is 25.4 Å². The van der Waals surface area contributed by atoms with Gasteiger partial charge in [0.25, 0.3) is 0 Å². The number of aliphatic hydroxyl groups excluding tert-OH is 1. The van der Waals surface area contributed by atoms with Gasteiger partial charge in [-0.3, -0.25) is 4.90 Å². The van der Waals surface area contributed by atoms with E-state index in [9.17, 15) is 0 Å². The van der Waals surface area contributed by atoms with E-state index in [2.05, 4.69) is 4.90 Å². The maximum absolute atomic E-state index is 8.87. The van der Waals surface area contributed by atoms with E-state index in [0.29, 0.717) is 18.7 Å². The molecule has 3 nitrogen and oxygen atoms in total. The Bertz CT molecular complexity index is 153. The molecule has 0 atom stereocenters. The Hall–Kier alpha value is -0.120. The molecular weight excluding hydrogens is 152 g/mol. The summed E-state index contributed by atoms with van der Waals surface area (Å²) in [5, 5.41) is 8.87. The highest BCUT2D eigenvalue weighted by Crippen LogP contribution is 2.34. The lowest BCUT2D eigenvalue weighted by atomic mass is 9.86. The van der Waals surface area contributed by atoms with Gasteiger partial charge in [-0.1, -0.05) is 0 Å². The van der Waals surface area contributed by atoms with E-state index in [1.807, 2.05) is 0 Å². The molecule has 2 aliphatic rings.